The van der Waals surface area contributed by atoms with E-state index in [2.05, 4.69) is 4.90 Å². The van der Waals surface area contributed by atoms with Crippen LogP contribution < -0.4 is 0 Å². The molecule has 0 saturated carbocycles. The van der Waals surface area contributed by atoms with Crippen molar-refractivity contribution in [2.75, 3.05) is 13.1 Å². The molecular weight excluding hydrogens is 232 g/mol. The molecule has 0 bridgehead atoms. The standard InChI is InChI=1S/C13H18N2O3/c1-2-13(16)9-14-6-5-10-3-4-12(15(17)18)7-11(10)8-14/h3-4,7,13,16H,2,5-6,8-9H2,1H3. The Labute approximate surface area is 106 Å². The molecule has 98 valence electrons. The van der Waals surface area contributed by atoms with E-state index in [1.165, 1.54) is 5.56 Å². The molecule has 1 aliphatic rings. The quantitative estimate of drug-likeness (QED) is 0.652. The van der Waals surface area contributed by atoms with Gasteiger partial charge < -0.3 is 5.11 Å². The van der Waals surface area contributed by atoms with E-state index in [0.717, 1.165) is 24.9 Å². The number of aliphatic hydroxyl groups is 1. The largest absolute Gasteiger partial charge is 0.392 e. The third-order valence-electron chi connectivity index (χ3n) is 3.43. The van der Waals surface area contributed by atoms with Gasteiger partial charge in [0, 0.05) is 31.8 Å². The topological polar surface area (TPSA) is 66.6 Å². The molecule has 0 saturated heterocycles. The van der Waals surface area contributed by atoms with Crippen LogP contribution in [-0.4, -0.2) is 34.1 Å². The number of nitrogens with zero attached hydrogens (tertiary/aromatic N) is 2. The Morgan fingerprint density at radius 1 is 1.50 bits per heavy atom. The first-order valence-electron chi connectivity index (χ1n) is 6.26. The van der Waals surface area contributed by atoms with Crippen molar-refractivity contribution in [3.63, 3.8) is 0 Å². The van der Waals surface area contributed by atoms with Crippen molar-refractivity contribution >= 4 is 5.69 Å². The zero-order valence-electron chi connectivity index (χ0n) is 10.5. The second-order valence-corrected chi connectivity index (χ2v) is 4.76. The second kappa shape index (κ2) is 5.46. The third-order valence-corrected chi connectivity index (χ3v) is 3.43. The molecule has 0 aromatic heterocycles. The fraction of sp³-hybridized carbons (Fsp3) is 0.538. The fourth-order valence-corrected chi connectivity index (χ4v) is 2.30. The Kier molecular flexibility index (Phi) is 3.93. The van der Waals surface area contributed by atoms with Crippen LogP contribution >= 0.6 is 0 Å². The van der Waals surface area contributed by atoms with Gasteiger partial charge in [-0.05, 0) is 24.0 Å². The number of benzene rings is 1. The molecule has 0 radical (unpaired) electrons. The van der Waals surface area contributed by atoms with Crippen molar-refractivity contribution in [3.05, 3.63) is 39.4 Å². The summed E-state index contributed by atoms with van der Waals surface area (Å²) in [5, 5.41) is 20.4. The van der Waals surface area contributed by atoms with Crippen LogP contribution in [0.15, 0.2) is 18.2 Å². The van der Waals surface area contributed by atoms with Crippen molar-refractivity contribution in [3.8, 4) is 0 Å². The summed E-state index contributed by atoms with van der Waals surface area (Å²) in [4.78, 5) is 12.5. The second-order valence-electron chi connectivity index (χ2n) is 4.76. The smallest absolute Gasteiger partial charge is 0.269 e. The van der Waals surface area contributed by atoms with E-state index in [1.54, 1.807) is 12.1 Å². The average Bonchev–Trinajstić information content (AvgIpc) is 2.37. The van der Waals surface area contributed by atoms with Crippen molar-refractivity contribution in [1.29, 1.82) is 0 Å². The first-order chi connectivity index (χ1) is 8.60. The highest BCUT2D eigenvalue weighted by Crippen LogP contribution is 2.23. The first-order valence-corrected chi connectivity index (χ1v) is 6.26. The number of fused-ring (bicyclic) bond motifs is 1. The van der Waals surface area contributed by atoms with Gasteiger partial charge in [-0.2, -0.15) is 0 Å². The van der Waals surface area contributed by atoms with Gasteiger partial charge in [-0.3, -0.25) is 15.0 Å². The van der Waals surface area contributed by atoms with E-state index in [4.69, 9.17) is 0 Å². The maximum Gasteiger partial charge on any atom is 0.269 e. The summed E-state index contributed by atoms with van der Waals surface area (Å²) in [6, 6.07) is 5.07. The fourth-order valence-electron chi connectivity index (χ4n) is 2.30. The minimum Gasteiger partial charge on any atom is -0.392 e. The maximum absolute atomic E-state index is 10.7. The molecule has 5 heteroatoms. The van der Waals surface area contributed by atoms with Gasteiger partial charge in [0.15, 0.2) is 0 Å². The Bertz CT molecular complexity index is 448. The van der Waals surface area contributed by atoms with Crippen LogP contribution in [0.1, 0.15) is 24.5 Å². The van der Waals surface area contributed by atoms with Crippen LogP contribution in [0.3, 0.4) is 0 Å². The van der Waals surface area contributed by atoms with Crippen molar-refractivity contribution in [2.45, 2.75) is 32.4 Å². The number of hydrogen-bond donors (Lipinski definition) is 1. The minimum absolute atomic E-state index is 0.145. The summed E-state index contributed by atoms with van der Waals surface area (Å²) in [5.74, 6) is 0. The molecule has 0 fully saturated rings. The van der Waals surface area contributed by atoms with Gasteiger partial charge in [0.05, 0.1) is 11.0 Å². The first kappa shape index (κ1) is 13.0. The molecule has 0 amide bonds. The zero-order chi connectivity index (χ0) is 13.1. The SMILES string of the molecule is CCC(O)CN1CCc2ccc([N+](=O)[O-])cc2C1. The lowest BCUT2D eigenvalue weighted by atomic mass is 9.99. The number of hydrogen-bond acceptors (Lipinski definition) is 4. The predicted octanol–water partition coefficient (Wildman–Crippen LogP) is 1.72. The summed E-state index contributed by atoms with van der Waals surface area (Å²) in [5.41, 5.74) is 2.34. The van der Waals surface area contributed by atoms with Gasteiger partial charge in [0.1, 0.15) is 0 Å². The van der Waals surface area contributed by atoms with Gasteiger partial charge >= 0.3 is 0 Å². The van der Waals surface area contributed by atoms with Crippen molar-refractivity contribution in [2.24, 2.45) is 0 Å². The van der Waals surface area contributed by atoms with E-state index < -0.39 is 0 Å². The molecule has 1 N–H and O–H groups in total. The Morgan fingerprint density at radius 2 is 2.28 bits per heavy atom. The van der Waals surface area contributed by atoms with Gasteiger partial charge in [0.2, 0.25) is 0 Å². The molecule has 1 aliphatic heterocycles. The highest BCUT2D eigenvalue weighted by Gasteiger charge is 2.20. The summed E-state index contributed by atoms with van der Waals surface area (Å²) in [6.45, 7) is 4.18. The number of nitro benzene ring substituents is 1. The molecule has 1 heterocycles. The lowest BCUT2D eigenvalue weighted by Gasteiger charge is -2.29. The Balaban J connectivity index is 2.12. The number of non-ortho nitro benzene ring substituents is 1. The molecule has 18 heavy (non-hydrogen) atoms. The monoisotopic (exact) mass is 250 g/mol. The normalized spacial score (nSPS) is 17.2. The van der Waals surface area contributed by atoms with E-state index in [1.807, 2.05) is 13.0 Å². The molecule has 0 aliphatic carbocycles. The van der Waals surface area contributed by atoms with Gasteiger partial charge in [-0.1, -0.05) is 13.0 Å². The van der Waals surface area contributed by atoms with Crippen LogP contribution in [-0.2, 0) is 13.0 Å². The van der Waals surface area contributed by atoms with E-state index in [-0.39, 0.29) is 16.7 Å². The highest BCUT2D eigenvalue weighted by atomic mass is 16.6. The van der Waals surface area contributed by atoms with Crippen LogP contribution in [0, 0.1) is 10.1 Å². The molecule has 1 atom stereocenters. The van der Waals surface area contributed by atoms with Gasteiger partial charge in [0.25, 0.3) is 5.69 Å². The lowest BCUT2D eigenvalue weighted by Crippen LogP contribution is -2.36. The molecule has 2 rings (SSSR count). The van der Waals surface area contributed by atoms with Gasteiger partial charge in [-0.15, -0.1) is 0 Å². The third kappa shape index (κ3) is 2.86. The minimum atomic E-state index is -0.361. The average molecular weight is 250 g/mol. The molecule has 1 aromatic rings. The molecule has 0 spiro atoms. The van der Waals surface area contributed by atoms with Crippen LogP contribution in [0.25, 0.3) is 0 Å². The Morgan fingerprint density at radius 3 is 2.94 bits per heavy atom. The van der Waals surface area contributed by atoms with E-state index >= 15 is 0 Å². The number of nitro groups is 1. The summed E-state index contributed by atoms with van der Waals surface area (Å²) < 4.78 is 0. The predicted molar refractivity (Wildman–Crippen MR) is 68.4 cm³/mol. The van der Waals surface area contributed by atoms with Crippen LogP contribution in [0.2, 0.25) is 0 Å². The van der Waals surface area contributed by atoms with Crippen LogP contribution in [0.4, 0.5) is 5.69 Å². The van der Waals surface area contributed by atoms with Gasteiger partial charge in [-0.25, -0.2) is 0 Å². The van der Waals surface area contributed by atoms with Crippen molar-refractivity contribution < 1.29 is 10.0 Å². The summed E-state index contributed by atoms with van der Waals surface area (Å²) in [7, 11) is 0. The lowest BCUT2D eigenvalue weighted by molar-refractivity contribution is -0.385. The number of aliphatic hydroxyl groups excluding tert-OH is 1. The highest BCUT2D eigenvalue weighted by molar-refractivity contribution is 5.41. The number of rotatable bonds is 4. The number of β-amino-alcohol motifs (C(OH)–C–C–N with tert-alkyl or cyclic N) is 1. The zero-order valence-corrected chi connectivity index (χ0v) is 10.5. The molecule has 1 aromatic carbocycles. The summed E-state index contributed by atoms with van der Waals surface area (Å²) in [6.07, 6.45) is 1.31. The summed E-state index contributed by atoms with van der Waals surface area (Å²) >= 11 is 0. The maximum atomic E-state index is 10.7. The van der Waals surface area contributed by atoms with E-state index in [0.29, 0.717) is 13.1 Å². The molecule has 5 nitrogen and oxygen atoms in total. The van der Waals surface area contributed by atoms with E-state index in [9.17, 15) is 15.2 Å². The van der Waals surface area contributed by atoms with Crippen LogP contribution in [0.5, 0.6) is 0 Å². The molecule has 1 unspecified atom stereocenters. The molecular formula is C13H18N2O3. The Hall–Kier alpha value is -1.46. The van der Waals surface area contributed by atoms with Crippen molar-refractivity contribution in [1.82, 2.24) is 4.90 Å².